The first-order valence-corrected chi connectivity index (χ1v) is 9.06. The van der Waals surface area contributed by atoms with Gasteiger partial charge in [-0.1, -0.05) is 17.7 Å². The van der Waals surface area contributed by atoms with E-state index in [2.05, 4.69) is 15.9 Å². The van der Waals surface area contributed by atoms with Crippen molar-refractivity contribution in [1.82, 2.24) is 0 Å². The number of halogens is 4. The molecule has 0 aliphatic rings. The summed E-state index contributed by atoms with van der Waals surface area (Å²) in [5.41, 5.74) is 0.730. The number of hydrogen-bond acceptors (Lipinski definition) is 3. The first kappa shape index (κ1) is 16.5. The topological polar surface area (TPSA) is 43.4 Å². The van der Waals surface area contributed by atoms with Crippen LogP contribution >= 0.6 is 38.2 Å². The fourth-order valence-corrected chi connectivity index (χ4v) is 3.04. The molecule has 112 valence electrons. The quantitative estimate of drug-likeness (QED) is 0.679. The van der Waals surface area contributed by atoms with E-state index in [1.165, 1.54) is 24.3 Å². The molecule has 2 rings (SSSR count). The van der Waals surface area contributed by atoms with Gasteiger partial charge in [0.25, 0.3) is 9.05 Å². The third kappa shape index (κ3) is 4.32. The molecule has 2 aromatic rings. The van der Waals surface area contributed by atoms with Crippen molar-refractivity contribution in [2.45, 2.75) is 11.5 Å². The van der Waals surface area contributed by atoms with Crippen molar-refractivity contribution in [1.29, 1.82) is 0 Å². The standard InChI is InChI=1S/C13H8BrCl2FO3S/c14-10-5-8(1-3-12(10)17)7-20-13-4-2-9(6-11(13)15)21(16,18)19/h1-6H,7H2. The van der Waals surface area contributed by atoms with E-state index < -0.39 is 9.05 Å². The second-order valence-electron chi connectivity index (χ2n) is 4.07. The second kappa shape index (κ2) is 6.52. The second-order valence-corrected chi connectivity index (χ2v) is 7.89. The van der Waals surface area contributed by atoms with Gasteiger partial charge in [-0.05, 0) is 51.8 Å². The minimum absolute atomic E-state index is 0.106. The molecule has 0 bridgehead atoms. The Bertz CT molecular complexity index is 781. The zero-order valence-electron chi connectivity index (χ0n) is 10.3. The summed E-state index contributed by atoms with van der Waals surface area (Å²) in [4.78, 5) is -0.106. The normalized spacial score (nSPS) is 11.4. The van der Waals surface area contributed by atoms with Crippen molar-refractivity contribution in [3.63, 3.8) is 0 Å². The lowest BCUT2D eigenvalue weighted by Crippen LogP contribution is -1.98. The molecule has 0 saturated carbocycles. The van der Waals surface area contributed by atoms with Gasteiger partial charge in [-0.15, -0.1) is 0 Å². The van der Waals surface area contributed by atoms with Crippen LogP contribution in [0.15, 0.2) is 45.8 Å². The highest BCUT2D eigenvalue weighted by Gasteiger charge is 2.13. The van der Waals surface area contributed by atoms with Gasteiger partial charge in [0.1, 0.15) is 18.2 Å². The Hall–Kier alpha value is -0.820. The van der Waals surface area contributed by atoms with Gasteiger partial charge < -0.3 is 4.74 Å². The summed E-state index contributed by atoms with van der Waals surface area (Å²) < 4.78 is 41.2. The predicted octanol–water partition coefficient (Wildman–Crippen LogP) is 4.75. The van der Waals surface area contributed by atoms with Crippen LogP contribution in [0.25, 0.3) is 0 Å². The molecule has 0 aromatic heterocycles. The zero-order valence-corrected chi connectivity index (χ0v) is 14.2. The van der Waals surface area contributed by atoms with Crippen LogP contribution in [0.1, 0.15) is 5.56 Å². The van der Waals surface area contributed by atoms with Crippen LogP contribution in [-0.4, -0.2) is 8.42 Å². The summed E-state index contributed by atoms with van der Waals surface area (Å²) in [6.45, 7) is 0.158. The van der Waals surface area contributed by atoms with Crippen molar-refractivity contribution < 1.29 is 17.5 Å². The van der Waals surface area contributed by atoms with Crippen molar-refractivity contribution in [2.24, 2.45) is 0 Å². The molecule has 0 aliphatic heterocycles. The largest absolute Gasteiger partial charge is 0.487 e. The Labute approximate surface area is 139 Å². The van der Waals surface area contributed by atoms with Crippen LogP contribution < -0.4 is 4.74 Å². The molecule has 0 unspecified atom stereocenters. The van der Waals surface area contributed by atoms with Gasteiger partial charge in [0.15, 0.2) is 0 Å². The minimum atomic E-state index is -3.84. The highest BCUT2D eigenvalue weighted by Crippen LogP contribution is 2.29. The lowest BCUT2D eigenvalue weighted by Gasteiger charge is -2.09. The molecule has 0 spiro atoms. The van der Waals surface area contributed by atoms with E-state index in [1.807, 2.05) is 0 Å². The average molecular weight is 414 g/mol. The molecule has 0 fully saturated rings. The van der Waals surface area contributed by atoms with Gasteiger partial charge in [0, 0.05) is 10.7 Å². The molecular weight excluding hydrogens is 406 g/mol. The van der Waals surface area contributed by atoms with Crippen LogP contribution in [-0.2, 0) is 15.7 Å². The first-order chi connectivity index (χ1) is 9.77. The maximum atomic E-state index is 13.1. The van der Waals surface area contributed by atoms with Gasteiger partial charge in [-0.2, -0.15) is 0 Å². The highest BCUT2D eigenvalue weighted by atomic mass is 79.9. The first-order valence-electron chi connectivity index (χ1n) is 5.58. The van der Waals surface area contributed by atoms with Crippen molar-refractivity contribution in [3.05, 3.63) is 57.3 Å². The Balaban J connectivity index is 2.15. The summed E-state index contributed by atoms with van der Waals surface area (Å²) in [6.07, 6.45) is 0. The van der Waals surface area contributed by atoms with Gasteiger partial charge in [0.05, 0.1) is 14.4 Å². The molecule has 0 heterocycles. The summed E-state index contributed by atoms with van der Waals surface area (Å²) in [7, 11) is 1.38. The fourth-order valence-electron chi connectivity index (χ4n) is 1.54. The van der Waals surface area contributed by atoms with Crippen LogP contribution in [0, 0.1) is 5.82 Å². The van der Waals surface area contributed by atoms with Crippen LogP contribution in [0.5, 0.6) is 5.75 Å². The van der Waals surface area contributed by atoms with E-state index in [0.29, 0.717) is 10.2 Å². The van der Waals surface area contributed by atoms with Gasteiger partial charge >= 0.3 is 0 Å². The molecule has 0 saturated heterocycles. The fraction of sp³-hybridized carbons (Fsp3) is 0.0769. The Morgan fingerprint density at radius 1 is 1.19 bits per heavy atom. The Morgan fingerprint density at radius 2 is 1.90 bits per heavy atom. The maximum absolute atomic E-state index is 13.1. The third-order valence-electron chi connectivity index (χ3n) is 2.56. The zero-order chi connectivity index (χ0) is 15.6. The monoisotopic (exact) mass is 412 g/mol. The summed E-state index contributed by atoms with van der Waals surface area (Å²) in [5.74, 6) is -0.0605. The van der Waals surface area contributed by atoms with Crippen LogP contribution in [0.4, 0.5) is 4.39 Å². The maximum Gasteiger partial charge on any atom is 0.261 e. The summed E-state index contributed by atoms with van der Waals surface area (Å²) >= 11 is 9.02. The minimum Gasteiger partial charge on any atom is -0.487 e. The van der Waals surface area contributed by atoms with Gasteiger partial charge in [-0.3, -0.25) is 0 Å². The average Bonchev–Trinajstić information content (AvgIpc) is 2.40. The number of ether oxygens (including phenoxy) is 1. The molecule has 8 heteroatoms. The van der Waals surface area contributed by atoms with Crippen molar-refractivity contribution >= 4 is 47.3 Å². The molecule has 2 aromatic carbocycles. The molecule has 0 atom stereocenters. The predicted molar refractivity (Wildman–Crippen MR) is 82.9 cm³/mol. The van der Waals surface area contributed by atoms with Crippen molar-refractivity contribution in [3.8, 4) is 5.75 Å². The highest BCUT2D eigenvalue weighted by molar-refractivity contribution is 9.10. The van der Waals surface area contributed by atoms with Crippen LogP contribution in [0.2, 0.25) is 5.02 Å². The Kier molecular flexibility index (Phi) is 5.14. The molecule has 3 nitrogen and oxygen atoms in total. The molecule has 21 heavy (non-hydrogen) atoms. The third-order valence-corrected chi connectivity index (χ3v) is 4.82. The molecule has 0 amide bonds. The van der Waals surface area contributed by atoms with E-state index in [1.54, 1.807) is 12.1 Å². The van der Waals surface area contributed by atoms with Crippen LogP contribution in [0.3, 0.4) is 0 Å². The SMILES string of the molecule is O=S(=O)(Cl)c1ccc(OCc2ccc(F)c(Br)c2)c(Cl)c1. The summed E-state index contributed by atoms with van der Waals surface area (Å²) in [6, 6.07) is 8.39. The molecule has 0 N–H and O–H groups in total. The van der Waals surface area contributed by atoms with E-state index in [0.717, 1.165) is 5.56 Å². The van der Waals surface area contributed by atoms with Crippen molar-refractivity contribution in [2.75, 3.05) is 0 Å². The lowest BCUT2D eigenvalue weighted by molar-refractivity contribution is 0.306. The smallest absolute Gasteiger partial charge is 0.261 e. The van der Waals surface area contributed by atoms with E-state index in [9.17, 15) is 12.8 Å². The molecule has 0 aliphatic carbocycles. The van der Waals surface area contributed by atoms with E-state index in [-0.39, 0.29) is 22.3 Å². The van der Waals surface area contributed by atoms with Gasteiger partial charge in [-0.25, -0.2) is 12.8 Å². The lowest BCUT2D eigenvalue weighted by atomic mass is 10.2. The Morgan fingerprint density at radius 3 is 2.48 bits per heavy atom. The number of hydrogen-bond donors (Lipinski definition) is 0. The van der Waals surface area contributed by atoms with E-state index in [4.69, 9.17) is 27.0 Å². The van der Waals surface area contributed by atoms with E-state index >= 15 is 0 Å². The summed E-state index contributed by atoms with van der Waals surface area (Å²) in [5, 5.41) is 0.123. The number of benzene rings is 2. The molecular formula is C13H8BrCl2FO3S. The number of rotatable bonds is 4. The van der Waals surface area contributed by atoms with Gasteiger partial charge in [0.2, 0.25) is 0 Å². The molecule has 0 radical (unpaired) electrons.